The van der Waals surface area contributed by atoms with Gasteiger partial charge in [0.1, 0.15) is 5.82 Å². The van der Waals surface area contributed by atoms with Crippen molar-refractivity contribution in [2.24, 2.45) is 0 Å². The van der Waals surface area contributed by atoms with Gasteiger partial charge in [0.05, 0.1) is 23.2 Å². The number of thiophene rings is 1. The van der Waals surface area contributed by atoms with Crippen molar-refractivity contribution in [2.45, 2.75) is 19.1 Å². The van der Waals surface area contributed by atoms with E-state index in [1.54, 1.807) is 29.0 Å². The number of nitrogens with zero attached hydrogens (tertiary/aromatic N) is 3. The number of anilines is 1. The quantitative estimate of drug-likeness (QED) is 0.931. The average Bonchev–Trinajstić information content (AvgIpc) is 3.21. The van der Waals surface area contributed by atoms with E-state index in [-0.39, 0.29) is 12.1 Å². The van der Waals surface area contributed by atoms with Gasteiger partial charge in [0, 0.05) is 31.1 Å². The zero-order chi connectivity index (χ0) is 15.5. The number of hydrogen-bond acceptors (Lipinski definition) is 4. The zero-order valence-electron chi connectivity index (χ0n) is 12.2. The summed E-state index contributed by atoms with van der Waals surface area (Å²) in [6.45, 7) is 1.91. The van der Waals surface area contributed by atoms with Gasteiger partial charge in [-0.15, -0.1) is 11.3 Å². The first-order valence-electron chi connectivity index (χ1n) is 7.00. The Hall–Kier alpha value is -1.57. The molecule has 1 aliphatic rings. The van der Waals surface area contributed by atoms with Gasteiger partial charge in [-0.25, -0.2) is 9.48 Å². The monoisotopic (exact) mass is 340 g/mol. The van der Waals surface area contributed by atoms with Crippen molar-refractivity contribution in [2.75, 3.05) is 25.5 Å². The summed E-state index contributed by atoms with van der Waals surface area (Å²) in [6, 6.07) is 5.49. The van der Waals surface area contributed by atoms with Gasteiger partial charge in [-0.2, -0.15) is 5.10 Å². The number of urea groups is 1. The minimum Gasteiger partial charge on any atom is -0.380 e. The van der Waals surface area contributed by atoms with E-state index < -0.39 is 0 Å². The molecule has 22 heavy (non-hydrogen) atoms. The highest BCUT2D eigenvalue weighted by Crippen LogP contribution is 2.23. The molecule has 2 amide bonds. The van der Waals surface area contributed by atoms with Crippen LogP contribution < -0.4 is 5.32 Å². The Morgan fingerprint density at radius 3 is 3.09 bits per heavy atom. The number of nitrogens with one attached hydrogen (secondary N) is 1. The second-order valence-corrected chi connectivity index (χ2v) is 6.90. The normalized spacial score (nSPS) is 17.9. The summed E-state index contributed by atoms with van der Waals surface area (Å²) in [6.07, 6.45) is 2.67. The number of hydrogen-bond donors (Lipinski definition) is 1. The van der Waals surface area contributed by atoms with E-state index in [9.17, 15) is 4.79 Å². The van der Waals surface area contributed by atoms with Crippen LogP contribution in [-0.2, 0) is 11.3 Å². The van der Waals surface area contributed by atoms with Crippen molar-refractivity contribution in [3.05, 3.63) is 33.6 Å². The largest absolute Gasteiger partial charge is 0.380 e. The highest BCUT2D eigenvalue weighted by molar-refractivity contribution is 7.16. The average molecular weight is 341 g/mol. The van der Waals surface area contributed by atoms with Gasteiger partial charge >= 0.3 is 6.03 Å². The molecule has 3 rings (SSSR count). The predicted octanol–water partition coefficient (Wildman–Crippen LogP) is 2.90. The maximum atomic E-state index is 12.3. The molecule has 8 heteroatoms. The molecule has 0 aliphatic carbocycles. The van der Waals surface area contributed by atoms with E-state index in [0.717, 1.165) is 15.6 Å². The highest BCUT2D eigenvalue weighted by Gasteiger charge is 2.26. The fourth-order valence-electron chi connectivity index (χ4n) is 2.44. The number of rotatable bonds is 4. The third kappa shape index (κ3) is 3.43. The van der Waals surface area contributed by atoms with Crippen LogP contribution in [0.3, 0.4) is 0 Å². The molecule has 6 nitrogen and oxygen atoms in total. The minimum atomic E-state index is -0.120. The molecule has 118 valence electrons. The van der Waals surface area contributed by atoms with Crippen molar-refractivity contribution in [3.63, 3.8) is 0 Å². The number of aromatic nitrogens is 2. The molecular weight excluding hydrogens is 324 g/mol. The van der Waals surface area contributed by atoms with Crippen molar-refractivity contribution in [1.29, 1.82) is 0 Å². The number of amides is 2. The Bertz CT molecular complexity index is 657. The third-order valence-corrected chi connectivity index (χ3v) is 4.87. The van der Waals surface area contributed by atoms with E-state index in [2.05, 4.69) is 10.4 Å². The molecule has 0 saturated carbocycles. The lowest BCUT2D eigenvalue weighted by molar-refractivity contribution is 0.111. The van der Waals surface area contributed by atoms with Crippen molar-refractivity contribution < 1.29 is 9.53 Å². The summed E-state index contributed by atoms with van der Waals surface area (Å²) >= 11 is 7.45. The van der Waals surface area contributed by atoms with Crippen LogP contribution in [0.5, 0.6) is 0 Å². The molecule has 0 aromatic carbocycles. The number of halogens is 1. The van der Waals surface area contributed by atoms with Gasteiger partial charge in [0.2, 0.25) is 0 Å². The Labute approximate surface area is 137 Å². The van der Waals surface area contributed by atoms with Crippen molar-refractivity contribution >= 4 is 34.8 Å². The maximum Gasteiger partial charge on any atom is 0.323 e. The third-order valence-electron chi connectivity index (χ3n) is 3.65. The van der Waals surface area contributed by atoms with Crippen molar-refractivity contribution in [1.82, 2.24) is 14.7 Å². The van der Waals surface area contributed by atoms with Gasteiger partial charge in [-0.05, 0) is 18.6 Å². The SMILES string of the molecule is CO[C@@H]1CCN(C(=O)Nc2ccnn2Cc2ccc(Cl)s2)C1. The Morgan fingerprint density at radius 2 is 2.41 bits per heavy atom. The van der Waals surface area contributed by atoms with Gasteiger partial charge < -0.3 is 9.64 Å². The van der Waals surface area contributed by atoms with Gasteiger partial charge in [-0.3, -0.25) is 5.32 Å². The number of likely N-dealkylation sites (tertiary alicyclic amines) is 1. The molecular formula is C14H17ClN4O2S. The number of carbonyl (C=O) groups excluding carboxylic acids is 1. The lowest BCUT2D eigenvalue weighted by Gasteiger charge is -2.17. The summed E-state index contributed by atoms with van der Waals surface area (Å²) in [7, 11) is 1.67. The Kier molecular flexibility index (Phi) is 4.66. The number of carbonyl (C=O) groups is 1. The fourth-order valence-corrected chi connectivity index (χ4v) is 3.51. The van der Waals surface area contributed by atoms with E-state index >= 15 is 0 Å². The Balaban J connectivity index is 1.63. The Morgan fingerprint density at radius 1 is 1.55 bits per heavy atom. The lowest BCUT2D eigenvalue weighted by Crippen LogP contribution is -2.34. The zero-order valence-corrected chi connectivity index (χ0v) is 13.7. The van der Waals surface area contributed by atoms with Crippen LogP contribution in [0, 0.1) is 0 Å². The predicted molar refractivity (Wildman–Crippen MR) is 86.7 cm³/mol. The molecule has 1 N–H and O–H groups in total. The molecule has 1 saturated heterocycles. The first-order valence-corrected chi connectivity index (χ1v) is 8.20. The summed E-state index contributed by atoms with van der Waals surface area (Å²) in [5.41, 5.74) is 0. The molecule has 2 aromatic rings. The van der Waals surface area contributed by atoms with Crippen LogP contribution in [0.2, 0.25) is 4.34 Å². The van der Waals surface area contributed by atoms with Gasteiger partial charge in [0.15, 0.2) is 0 Å². The summed E-state index contributed by atoms with van der Waals surface area (Å²) in [5, 5.41) is 7.16. The van der Waals surface area contributed by atoms with Crippen LogP contribution in [-0.4, -0.2) is 47.0 Å². The van der Waals surface area contributed by atoms with E-state index in [1.807, 2.05) is 12.1 Å². The standard InChI is InChI=1S/C14H17ClN4O2S/c1-21-10-5-7-18(8-10)14(20)17-13-4-6-16-19(13)9-11-2-3-12(15)22-11/h2-4,6,10H,5,7-9H2,1H3,(H,17,20)/t10-/m1/s1. The number of ether oxygens (including phenoxy) is 1. The molecule has 0 bridgehead atoms. The minimum absolute atomic E-state index is 0.120. The van der Waals surface area contributed by atoms with Crippen LogP contribution >= 0.6 is 22.9 Å². The van der Waals surface area contributed by atoms with Crippen LogP contribution in [0.4, 0.5) is 10.6 Å². The van der Waals surface area contributed by atoms with E-state index in [4.69, 9.17) is 16.3 Å². The molecule has 1 fully saturated rings. The fraction of sp³-hybridized carbons (Fsp3) is 0.429. The van der Waals surface area contributed by atoms with Gasteiger partial charge in [0.25, 0.3) is 0 Å². The number of methoxy groups -OCH3 is 1. The summed E-state index contributed by atoms with van der Waals surface area (Å²) < 4.78 is 7.78. The highest BCUT2D eigenvalue weighted by atomic mass is 35.5. The summed E-state index contributed by atoms with van der Waals surface area (Å²) in [4.78, 5) is 15.1. The van der Waals surface area contributed by atoms with Gasteiger partial charge in [-0.1, -0.05) is 11.6 Å². The summed E-state index contributed by atoms with van der Waals surface area (Å²) in [5.74, 6) is 0.676. The van der Waals surface area contributed by atoms with Crippen LogP contribution in [0.15, 0.2) is 24.4 Å². The lowest BCUT2D eigenvalue weighted by atomic mass is 10.3. The molecule has 0 spiro atoms. The van der Waals surface area contributed by atoms with Crippen LogP contribution in [0.1, 0.15) is 11.3 Å². The molecule has 1 atom stereocenters. The molecule has 0 radical (unpaired) electrons. The molecule has 1 aliphatic heterocycles. The maximum absolute atomic E-state index is 12.3. The second-order valence-electron chi connectivity index (χ2n) is 5.10. The second kappa shape index (κ2) is 6.68. The van der Waals surface area contributed by atoms with E-state index in [0.29, 0.717) is 25.5 Å². The molecule has 0 unspecified atom stereocenters. The smallest absolute Gasteiger partial charge is 0.323 e. The molecule has 3 heterocycles. The molecule has 2 aromatic heterocycles. The first-order chi connectivity index (χ1) is 10.7. The van der Waals surface area contributed by atoms with E-state index in [1.165, 1.54) is 11.3 Å². The topological polar surface area (TPSA) is 59.4 Å². The van der Waals surface area contributed by atoms with Crippen LogP contribution in [0.25, 0.3) is 0 Å². The van der Waals surface area contributed by atoms with Crippen molar-refractivity contribution in [3.8, 4) is 0 Å². The first kappa shape index (κ1) is 15.3.